The summed E-state index contributed by atoms with van der Waals surface area (Å²) >= 11 is 0. The van der Waals surface area contributed by atoms with E-state index < -0.39 is 0 Å². The molecule has 3 heterocycles. The second-order valence-corrected chi connectivity index (χ2v) is 7.18. The van der Waals surface area contributed by atoms with E-state index in [0.717, 1.165) is 22.6 Å². The number of hydrogen-bond acceptors (Lipinski definition) is 4. The number of aromatic nitrogens is 5. The van der Waals surface area contributed by atoms with Crippen LogP contribution in [0.2, 0.25) is 0 Å². The first-order chi connectivity index (χ1) is 15.8. The SMILES string of the molecule is O=C(NCc1cccnc1-n1ccnc1)c1cn(-c2ccccc2)nc1-c1ccccc1. The zero-order valence-corrected chi connectivity index (χ0v) is 17.2. The number of carbonyl (C=O) groups excluding carboxylic acids is 1. The van der Waals surface area contributed by atoms with Crippen LogP contribution in [0.15, 0.2) is 104 Å². The van der Waals surface area contributed by atoms with Crippen molar-refractivity contribution in [1.82, 2.24) is 29.6 Å². The lowest BCUT2D eigenvalue weighted by atomic mass is 10.1. The molecular weight excluding hydrogens is 400 g/mol. The third-order valence-electron chi connectivity index (χ3n) is 5.08. The lowest BCUT2D eigenvalue weighted by Crippen LogP contribution is -2.24. The lowest BCUT2D eigenvalue weighted by Gasteiger charge is -2.10. The normalized spacial score (nSPS) is 10.8. The van der Waals surface area contributed by atoms with E-state index in [1.807, 2.05) is 83.6 Å². The van der Waals surface area contributed by atoms with Crippen LogP contribution in [0.3, 0.4) is 0 Å². The summed E-state index contributed by atoms with van der Waals surface area (Å²) in [6.07, 6.45) is 8.70. The monoisotopic (exact) mass is 420 g/mol. The first kappa shape index (κ1) is 19.4. The number of para-hydroxylation sites is 1. The largest absolute Gasteiger partial charge is 0.348 e. The Morgan fingerprint density at radius 1 is 0.906 bits per heavy atom. The molecule has 5 rings (SSSR count). The minimum absolute atomic E-state index is 0.202. The molecular formula is C25H20N6O. The van der Waals surface area contributed by atoms with Crippen molar-refractivity contribution in [3.8, 4) is 22.8 Å². The molecule has 3 aromatic heterocycles. The van der Waals surface area contributed by atoms with Crippen molar-refractivity contribution in [3.63, 3.8) is 0 Å². The molecule has 2 aromatic carbocycles. The molecule has 0 aliphatic carbocycles. The Bertz CT molecular complexity index is 1330. The van der Waals surface area contributed by atoms with Crippen LogP contribution >= 0.6 is 0 Å². The van der Waals surface area contributed by atoms with Crippen molar-refractivity contribution in [2.75, 3.05) is 0 Å². The van der Waals surface area contributed by atoms with Gasteiger partial charge in [0.25, 0.3) is 5.91 Å². The van der Waals surface area contributed by atoms with Gasteiger partial charge in [0.2, 0.25) is 0 Å². The number of rotatable bonds is 6. The highest BCUT2D eigenvalue weighted by molar-refractivity contribution is 5.99. The summed E-state index contributed by atoms with van der Waals surface area (Å²) in [4.78, 5) is 21.8. The molecule has 5 aromatic rings. The van der Waals surface area contributed by atoms with Gasteiger partial charge in [-0.2, -0.15) is 5.10 Å². The Morgan fingerprint density at radius 3 is 2.44 bits per heavy atom. The van der Waals surface area contributed by atoms with Crippen LogP contribution in [0.25, 0.3) is 22.8 Å². The molecule has 0 saturated carbocycles. The van der Waals surface area contributed by atoms with Gasteiger partial charge in [-0.1, -0.05) is 54.6 Å². The fraction of sp³-hybridized carbons (Fsp3) is 0.0400. The first-order valence-corrected chi connectivity index (χ1v) is 10.2. The van der Waals surface area contributed by atoms with Crippen LogP contribution in [0.1, 0.15) is 15.9 Å². The Kier molecular flexibility index (Phi) is 5.28. The van der Waals surface area contributed by atoms with E-state index in [-0.39, 0.29) is 5.91 Å². The number of carbonyl (C=O) groups is 1. The third kappa shape index (κ3) is 3.91. The number of imidazole rings is 1. The molecule has 32 heavy (non-hydrogen) atoms. The van der Waals surface area contributed by atoms with Crippen LogP contribution < -0.4 is 5.32 Å². The van der Waals surface area contributed by atoms with Crippen LogP contribution in [-0.2, 0) is 6.54 Å². The highest BCUT2D eigenvalue weighted by atomic mass is 16.1. The zero-order chi connectivity index (χ0) is 21.8. The van der Waals surface area contributed by atoms with Gasteiger partial charge in [0.05, 0.1) is 11.3 Å². The summed E-state index contributed by atoms with van der Waals surface area (Å²) in [5, 5.41) is 7.74. The second kappa shape index (κ2) is 8.69. The molecule has 0 radical (unpaired) electrons. The van der Waals surface area contributed by atoms with E-state index in [4.69, 9.17) is 5.10 Å². The van der Waals surface area contributed by atoms with E-state index in [2.05, 4.69) is 15.3 Å². The summed E-state index contributed by atoms with van der Waals surface area (Å²) in [6.45, 7) is 0.324. The number of hydrogen-bond donors (Lipinski definition) is 1. The van der Waals surface area contributed by atoms with Crippen LogP contribution in [-0.4, -0.2) is 30.2 Å². The minimum Gasteiger partial charge on any atom is -0.348 e. The second-order valence-electron chi connectivity index (χ2n) is 7.18. The maximum atomic E-state index is 13.3. The fourth-order valence-corrected chi connectivity index (χ4v) is 3.52. The van der Waals surface area contributed by atoms with Gasteiger partial charge in [-0.3, -0.25) is 9.36 Å². The maximum absolute atomic E-state index is 13.3. The number of pyridine rings is 1. The first-order valence-electron chi connectivity index (χ1n) is 10.2. The topological polar surface area (TPSA) is 77.6 Å². The maximum Gasteiger partial charge on any atom is 0.255 e. The predicted octanol–water partition coefficient (Wildman–Crippen LogP) is 4.05. The van der Waals surface area contributed by atoms with Crippen LogP contribution in [0, 0.1) is 0 Å². The van der Waals surface area contributed by atoms with Gasteiger partial charge in [-0.05, 0) is 18.2 Å². The van der Waals surface area contributed by atoms with E-state index in [1.54, 1.807) is 29.6 Å². The van der Waals surface area contributed by atoms with Gasteiger partial charge in [0.1, 0.15) is 17.8 Å². The smallest absolute Gasteiger partial charge is 0.255 e. The average molecular weight is 420 g/mol. The summed E-state index contributed by atoms with van der Waals surface area (Å²) in [5.74, 6) is 0.528. The Balaban J connectivity index is 1.46. The standard InChI is InChI=1S/C25H20N6O/c32-25(28-16-20-10-7-13-27-24(20)30-15-14-26-18-30)22-17-31(21-11-5-2-6-12-21)29-23(22)19-8-3-1-4-9-19/h1-15,17-18H,16H2,(H,28,32). The fourth-order valence-electron chi connectivity index (χ4n) is 3.52. The van der Waals surface area contributed by atoms with E-state index >= 15 is 0 Å². The summed E-state index contributed by atoms with van der Waals surface area (Å²) in [5.41, 5.74) is 3.79. The highest BCUT2D eigenvalue weighted by Crippen LogP contribution is 2.24. The molecule has 0 aliphatic heterocycles. The van der Waals surface area contributed by atoms with Crippen molar-refractivity contribution in [2.45, 2.75) is 6.54 Å². The third-order valence-corrected chi connectivity index (χ3v) is 5.08. The van der Waals surface area contributed by atoms with E-state index in [1.165, 1.54) is 0 Å². The molecule has 7 heteroatoms. The van der Waals surface area contributed by atoms with E-state index in [0.29, 0.717) is 17.8 Å². The lowest BCUT2D eigenvalue weighted by molar-refractivity contribution is 0.0951. The molecule has 0 aliphatic rings. The van der Waals surface area contributed by atoms with Crippen molar-refractivity contribution in [3.05, 3.63) is 115 Å². The van der Waals surface area contributed by atoms with Gasteiger partial charge in [-0.25, -0.2) is 14.6 Å². The Labute approximate surface area is 185 Å². The number of nitrogens with one attached hydrogen (secondary N) is 1. The van der Waals surface area contributed by atoms with Gasteiger partial charge in [-0.15, -0.1) is 0 Å². The Hall–Kier alpha value is -4.52. The van der Waals surface area contributed by atoms with Gasteiger partial charge in [0, 0.05) is 42.5 Å². The molecule has 1 amide bonds. The number of amides is 1. The summed E-state index contributed by atoms with van der Waals surface area (Å²) in [6, 6.07) is 23.3. The molecule has 0 atom stereocenters. The van der Waals surface area contributed by atoms with Gasteiger partial charge in [0.15, 0.2) is 0 Å². The average Bonchev–Trinajstić information content (AvgIpc) is 3.55. The predicted molar refractivity (Wildman–Crippen MR) is 122 cm³/mol. The molecule has 0 unspecified atom stereocenters. The Morgan fingerprint density at radius 2 is 1.69 bits per heavy atom. The summed E-state index contributed by atoms with van der Waals surface area (Å²) in [7, 11) is 0. The van der Waals surface area contributed by atoms with Gasteiger partial charge < -0.3 is 5.32 Å². The minimum atomic E-state index is -0.202. The highest BCUT2D eigenvalue weighted by Gasteiger charge is 2.19. The van der Waals surface area contributed by atoms with Crippen LogP contribution in [0.4, 0.5) is 0 Å². The van der Waals surface area contributed by atoms with Crippen molar-refractivity contribution >= 4 is 5.91 Å². The van der Waals surface area contributed by atoms with Gasteiger partial charge >= 0.3 is 0 Å². The zero-order valence-electron chi connectivity index (χ0n) is 17.2. The van der Waals surface area contributed by atoms with Crippen molar-refractivity contribution in [2.24, 2.45) is 0 Å². The number of benzene rings is 2. The quantitative estimate of drug-likeness (QED) is 0.450. The molecule has 0 saturated heterocycles. The molecule has 156 valence electrons. The molecule has 0 spiro atoms. The summed E-state index contributed by atoms with van der Waals surface area (Å²) < 4.78 is 3.56. The number of nitrogens with zero attached hydrogens (tertiary/aromatic N) is 5. The molecule has 0 bridgehead atoms. The molecule has 0 fully saturated rings. The van der Waals surface area contributed by atoms with Crippen molar-refractivity contribution < 1.29 is 4.79 Å². The molecule has 1 N–H and O–H groups in total. The van der Waals surface area contributed by atoms with Crippen LogP contribution in [0.5, 0.6) is 0 Å². The van der Waals surface area contributed by atoms with E-state index in [9.17, 15) is 4.79 Å². The molecule has 7 nitrogen and oxygen atoms in total. The van der Waals surface area contributed by atoms with Crippen molar-refractivity contribution in [1.29, 1.82) is 0 Å².